The van der Waals surface area contributed by atoms with Gasteiger partial charge in [0.2, 0.25) is 0 Å². The monoisotopic (exact) mass is 345 g/mol. The van der Waals surface area contributed by atoms with Gasteiger partial charge in [-0.15, -0.1) is 0 Å². The van der Waals surface area contributed by atoms with Crippen LogP contribution in [0.5, 0.6) is 11.5 Å². The van der Waals surface area contributed by atoms with Crippen LogP contribution in [-0.4, -0.2) is 50.1 Å². The molecule has 0 radical (unpaired) electrons. The fourth-order valence-corrected chi connectivity index (χ4v) is 2.51. The molecule has 1 aromatic heterocycles. The Morgan fingerprint density at radius 1 is 1.08 bits per heavy atom. The molecule has 0 spiro atoms. The van der Waals surface area contributed by atoms with Crippen LogP contribution in [0.1, 0.15) is 11.1 Å². The summed E-state index contributed by atoms with van der Waals surface area (Å²) in [6, 6.07) is 5.97. The largest absolute Gasteiger partial charge is 0.493 e. The van der Waals surface area contributed by atoms with Gasteiger partial charge in [0.25, 0.3) is 0 Å². The van der Waals surface area contributed by atoms with Gasteiger partial charge in [0, 0.05) is 33.4 Å². The highest BCUT2D eigenvalue weighted by Crippen LogP contribution is 2.27. The average Bonchev–Trinajstić information content (AvgIpc) is 3.05. The molecule has 2 N–H and O–H groups in total. The zero-order valence-electron chi connectivity index (χ0n) is 15.4. The Morgan fingerprint density at radius 3 is 2.32 bits per heavy atom. The van der Waals surface area contributed by atoms with Crippen molar-refractivity contribution in [2.75, 3.05) is 34.4 Å². The lowest BCUT2D eigenvalue weighted by atomic mass is 10.1. The minimum absolute atomic E-state index is 0.743. The Labute approximate surface area is 149 Å². The second-order valence-electron chi connectivity index (χ2n) is 5.64. The van der Waals surface area contributed by atoms with Crippen molar-refractivity contribution in [2.45, 2.75) is 12.8 Å². The van der Waals surface area contributed by atoms with Crippen LogP contribution in [0, 0.1) is 0 Å². The van der Waals surface area contributed by atoms with Crippen molar-refractivity contribution in [1.82, 2.24) is 20.4 Å². The molecular formula is C18H27N5O2. The van der Waals surface area contributed by atoms with Crippen LogP contribution in [0.15, 0.2) is 35.6 Å². The number of aliphatic imine (C=N–C) groups is 1. The van der Waals surface area contributed by atoms with E-state index >= 15 is 0 Å². The third-order valence-corrected chi connectivity index (χ3v) is 3.84. The molecule has 7 heteroatoms. The molecule has 0 atom stereocenters. The van der Waals surface area contributed by atoms with Crippen LogP contribution in [0.2, 0.25) is 0 Å². The van der Waals surface area contributed by atoms with E-state index < -0.39 is 0 Å². The molecule has 7 nitrogen and oxygen atoms in total. The molecule has 2 rings (SSSR count). The standard InChI is InChI=1S/C18H27N5O2/c1-19-18(21-10-8-15-12-22-23(2)13-15)20-9-7-14-5-6-16(24-3)17(11-14)25-4/h5-6,11-13H,7-10H2,1-4H3,(H2,19,20,21). The molecule has 1 aromatic carbocycles. The maximum atomic E-state index is 5.33. The summed E-state index contributed by atoms with van der Waals surface area (Å²) in [5.41, 5.74) is 2.38. The topological polar surface area (TPSA) is 72.7 Å². The highest BCUT2D eigenvalue weighted by molar-refractivity contribution is 5.79. The molecule has 0 aliphatic carbocycles. The summed E-state index contributed by atoms with van der Waals surface area (Å²) in [6.45, 7) is 1.59. The summed E-state index contributed by atoms with van der Waals surface area (Å²) in [5.74, 6) is 2.29. The fourth-order valence-electron chi connectivity index (χ4n) is 2.51. The van der Waals surface area contributed by atoms with Crippen LogP contribution in [-0.2, 0) is 19.9 Å². The second kappa shape index (κ2) is 9.56. The maximum absolute atomic E-state index is 5.33. The predicted octanol–water partition coefficient (Wildman–Crippen LogP) is 1.39. The van der Waals surface area contributed by atoms with Gasteiger partial charge in [-0.3, -0.25) is 9.67 Å². The first-order valence-corrected chi connectivity index (χ1v) is 8.29. The highest BCUT2D eigenvalue weighted by atomic mass is 16.5. The quantitative estimate of drug-likeness (QED) is 0.559. The number of nitrogens with one attached hydrogen (secondary N) is 2. The number of hydrogen-bond donors (Lipinski definition) is 2. The number of aryl methyl sites for hydroxylation is 1. The summed E-state index contributed by atoms with van der Waals surface area (Å²) < 4.78 is 12.4. The van der Waals surface area contributed by atoms with Gasteiger partial charge in [-0.1, -0.05) is 6.07 Å². The van der Waals surface area contributed by atoms with Crippen molar-refractivity contribution < 1.29 is 9.47 Å². The first-order valence-electron chi connectivity index (χ1n) is 8.29. The van der Waals surface area contributed by atoms with Crippen LogP contribution < -0.4 is 20.1 Å². The molecule has 0 amide bonds. The SMILES string of the molecule is CN=C(NCCc1ccc(OC)c(OC)c1)NCCc1cnn(C)c1. The van der Waals surface area contributed by atoms with E-state index in [-0.39, 0.29) is 0 Å². The molecular weight excluding hydrogens is 318 g/mol. The Balaban J connectivity index is 1.75. The zero-order chi connectivity index (χ0) is 18.1. The zero-order valence-corrected chi connectivity index (χ0v) is 15.4. The van der Waals surface area contributed by atoms with Gasteiger partial charge in [0.15, 0.2) is 17.5 Å². The van der Waals surface area contributed by atoms with E-state index in [1.165, 1.54) is 11.1 Å². The molecule has 0 fully saturated rings. The van der Waals surface area contributed by atoms with Crippen LogP contribution in [0.4, 0.5) is 0 Å². The number of hydrogen-bond acceptors (Lipinski definition) is 4. The van der Waals surface area contributed by atoms with Gasteiger partial charge in [-0.05, 0) is 36.1 Å². The van der Waals surface area contributed by atoms with Gasteiger partial charge in [-0.2, -0.15) is 5.10 Å². The first kappa shape index (κ1) is 18.6. The Hall–Kier alpha value is -2.70. The van der Waals surface area contributed by atoms with Crippen LogP contribution in [0.25, 0.3) is 0 Å². The Morgan fingerprint density at radius 2 is 1.76 bits per heavy atom. The predicted molar refractivity (Wildman–Crippen MR) is 99.5 cm³/mol. The van der Waals surface area contributed by atoms with Gasteiger partial charge >= 0.3 is 0 Å². The summed E-state index contributed by atoms with van der Waals surface area (Å²) in [7, 11) is 6.98. The van der Waals surface area contributed by atoms with Crippen molar-refractivity contribution in [3.63, 3.8) is 0 Å². The Bertz CT molecular complexity index is 697. The van der Waals surface area contributed by atoms with Crippen molar-refractivity contribution in [3.8, 4) is 11.5 Å². The molecule has 0 bridgehead atoms. The number of aromatic nitrogens is 2. The fraction of sp³-hybridized carbons (Fsp3) is 0.444. The third-order valence-electron chi connectivity index (χ3n) is 3.84. The van der Waals surface area contributed by atoms with Gasteiger partial charge in [-0.25, -0.2) is 0 Å². The number of nitrogens with zero attached hydrogens (tertiary/aromatic N) is 3. The van der Waals surface area contributed by atoms with Crippen molar-refractivity contribution in [1.29, 1.82) is 0 Å². The first-order chi connectivity index (χ1) is 12.2. The minimum atomic E-state index is 0.743. The van der Waals surface area contributed by atoms with Gasteiger partial charge < -0.3 is 20.1 Å². The lowest BCUT2D eigenvalue weighted by Crippen LogP contribution is -2.39. The third kappa shape index (κ3) is 5.70. The highest BCUT2D eigenvalue weighted by Gasteiger charge is 2.05. The van der Waals surface area contributed by atoms with Crippen LogP contribution >= 0.6 is 0 Å². The molecule has 0 aliphatic heterocycles. The van der Waals surface area contributed by atoms with E-state index in [0.717, 1.165) is 43.4 Å². The molecule has 1 heterocycles. The summed E-state index contributed by atoms with van der Waals surface area (Å²) in [6.07, 6.45) is 5.68. The van der Waals surface area contributed by atoms with Crippen LogP contribution in [0.3, 0.4) is 0 Å². The molecule has 0 unspecified atom stereocenters. The van der Waals surface area contributed by atoms with Crippen molar-refractivity contribution >= 4 is 5.96 Å². The summed E-state index contributed by atoms with van der Waals surface area (Å²) in [5, 5.41) is 10.8. The normalized spacial score (nSPS) is 11.3. The molecule has 2 aromatic rings. The maximum Gasteiger partial charge on any atom is 0.190 e. The molecule has 25 heavy (non-hydrogen) atoms. The van der Waals surface area contributed by atoms with E-state index in [4.69, 9.17) is 9.47 Å². The van der Waals surface area contributed by atoms with E-state index in [1.807, 2.05) is 42.3 Å². The molecule has 0 saturated carbocycles. The van der Waals surface area contributed by atoms with E-state index in [1.54, 1.807) is 21.3 Å². The number of rotatable bonds is 8. The summed E-state index contributed by atoms with van der Waals surface area (Å²) >= 11 is 0. The van der Waals surface area contributed by atoms with E-state index in [2.05, 4.69) is 20.7 Å². The Kier molecular flexibility index (Phi) is 7.13. The number of guanidine groups is 1. The lowest BCUT2D eigenvalue weighted by Gasteiger charge is -2.12. The smallest absolute Gasteiger partial charge is 0.190 e. The minimum Gasteiger partial charge on any atom is -0.493 e. The van der Waals surface area contributed by atoms with Gasteiger partial charge in [0.1, 0.15) is 0 Å². The number of benzene rings is 1. The number of ether oxygens (including phenoxy) is 2. The van der Waals surface area contributed by atoms with Gasteiger partial charge in [0.05, 0.1) is 20.4 Å². The number of methoxy groups -OCH3 is 2. The molecule has 0 aliphatic rings. The average molecular weight is 345 g/mol. The van der Waals surface area contributed by atoms with E-state index in [9.17, 15) is 0 Å². The second-order valence-corrected chi connectivity index (χ2v) is 5.64. The molecule has 136 valence electrons. The van der Waals surface area contributed by atoms with E-state index in [0.29, 0.717) is 0 Å². The molecule has 0 saturated heterocycles. The summed E-state index contributed by atoms with van der Waals surface area (Å²) in [4.78, 5) is 4.25. The van der Waals surface area contributed by atoms with Crippen molar-refractivity contribution in [2.24, 2.45) is 12.0 Å². The van der Waals surface area contributed by atoms with Crippen molar-refractivity contribution in [3.05, 3.63) is 41.7 Å². The lowest BCUT2D eigenvalue weighted by molar-refractivity contribution is 0.354.